The fourth-order valence-electron chi connectivity index (χ4n) is 2.17. The first-order valence-electron chi connectivity index (χ1n) is 6.70. The van der Waals surface area contributed by atoms with Crippen molar-refractivity contribution >= 4 is 11.9 Å². The maximum absolute atomic E-state index is 5.33. The molecule has 1 unspecified atom stereocenters. The predicted octanol–water partition coefficient (Wildman–Crippen LogP) is 0.676. The van der Waals surface area contributed by atoms with Crippen molar-refractivity contribution in [3.05, 3.63) is 0 Å². The number of rotatable bonds is 6. The predicted molar refractivity (Wildman–Crippen MR) is 74.6 cm³/mol. The zero-order valence-electron chi connectivity index (χ0n) is 11.8. The molecule has 1 aliphatic rings. The van der Waals surface area contributed by atoms with Gasteiger partial charge in [0.15, 0.2) is 0 Å². The van der Waals surface area contributed by atoms with Crippen LogP contribution in [-0.4, -0.2) is 60.2 Å². The minimum absolute atomic E-state index is 0.355. The van der Waals surface area contributed by atoms with E-state index in [0.717, 1.165) is 19.6 Å². The van der Waals surface area contributed by atoms with E-state index >= 15 is 0 Å². The molecule has 1 saturated heterocycles. The van der Waals surface area contributed by atoms with Crippen LogP contribution in [0.3, 0.4) is 0 Å². The Morgan fingerprint density at radius 1 is 1.32 bits per heavy atom. The first-order valence-corrected chi connectivity index (χ1v) is 6.70. The summed E-state index contributed by atoms with van der Waals surface area (Å²) < 4.78 is 5.33. The second kappa shape index (κ2) is 6.51. The Labute approximate surface area is 113 Å². The molecule has 0 aromatic carbocycles. The van der Waals surface area contributed by atoms with E-state index in [2.05, 4.69) is 37.5 Å². The Morgan fingerprint density at radius 2 is 2.11 bits per heavy atom. The summed E-state index contributed by atoms with van der Waals surface area (Å²) in [6.07, 6.45) is 1.21. The molecule has 1 aromatic heterocycles. The van der Waals surface area contributed by atoms with E-state index in [4.69, 9.17) is 4.74 Å². The SMILES string of the molecule is CCOc1nc(NC)nc(NCC2CCN(C)C2)n1. The fraction of sp³-hybridized carbons (Fsp3) is 0.750. The molecule has 7 nitrogen and oxygen atoms in total. The topological polar surface area (TPSA) is 75.2 Å². The summed E-state index contributed by atoms with van der Waals surface area (Å²) in [5.74, 6) is 1.73. The smallest absolute Gasteiger partial charge is 0.323 e. The highest BCUT2D eigenvalue weighted by molar-refractivity contribution is 5.35. The molecule has 0 radical (unpaired) electrons. The number of nitrogens with zero attached hydrogens (tertiary/aromatic N) is 4. The van der Waals surface area contributed by atoms with Crippen molar-refractivity contribution < 1.29 is 4.74 Å². The number of hydrogen-bond acceptors (Lipinski definition) is 7. The average molecular weight is 266 g/mol. The first-order chi connectivity index (χ1) is 9.21. The van der Waals surface area contributed by atoms with Crippen molar-refractivity contribution in [1.29, 1.82) is 0 Å². The molecule has 0 saturated carbocycles. The third-order valence-electron chi connectivity index (χ3n) is 3.15. The van der Waals surface area contributed by atoms with Gasteiger partial charge in [-0.2, -0.15) is 15.0 Å². The molecule has 7 heteroatoms. The zero-order valence-corrected chi connectivity index (χ0v) is 11.8. The molecular formula is C12H22N6O. The molecule has 0 bridgehead atoms. The summed E-state index contributed by atoms with van der Waals surface area (Å²) in [5.41, 5.74) is 0. The molecule has 0 aliphatic carbocycles. The van der Waals surface area contributed by atoms with Gasteiger partial charge in [-0.25, -0.2) is 0 Å². The summed E-state index contributed by atoms with van der Waals surface area (Å²) in [7, 11) is 3.93. The van der Waals surface area contributed by atoms with Crippen LogP contribution in [-0.2, 0) is 0 Å². The molecule has 1 fully saturated rings. The van der Waals surface area contributed by atoms with Gasteiger partial charge < -0.3 is 20.3 Å². The van der Waals surface area contributed by atoms with Gasteiger partial charge in [0.25, 0.3) is 0 Å². The van der Waals surface area contributed by atoms with Gasteiger partial charge >= 0.3 is 6.01 Å². The zero-order chi connectivity index (χ0) is 13.7. The van der Waals surface area contributed by atoms with Crippen LogP contribution in [0.5, 0.6) is 6.01 Å². The molecule has 2 heterocycles. The van der Waals surface area contributed by atoms with Crippen LogP contribution in [0.25, 0.3) is 0 Å². The Balaban J connectivity index is 1.96. The molecule has 2 rings (SSSR count). The van der Waals surface area contributed by atoms with E-state index in [1.165, 1.54) is 6.42 Å². The molecule has 1 aromatic rings. The van der Waals surface area contributed by atoms with Crippen LogP contribution in [0.1, 0.15) is 13.3 Å². The van der Waals surface area contributed by atoms with Crippen molar-refractivity contribution in [2.75, 3.05) is 51.0 Å². The molecule has 0 spiro atoms. The van der Waals surface area contributed by atoms with Crippen LogP contribution in [0.4, 0.5) is 11.9 Å². The van der Waals surface area contributed by atoms with Gasteiger partial charge in [-0.1, -0.05) is 0 Å². The van der Waals surface area contributed by atoms with E-state index < -0.39 is 0 Å². The maximum atomic E-state index is 5.33. The van der Waals surface area contributed by atoms with E-state index in [0.29, 0.717) is 30.4 Å². The highest BCUT2D eigenvalue weighted by Gasteiger charge is 2.19. The van der Waals surface area contributed by atoms with Gasteiger partial charge in [0.1, 0.15) is 0 Å². The maximum Gasteiger partial charge on any atom is 0.323 e. The number of ether oxygens (including phenoxy) is 1. The van der Waals surface area contributed by atoms with Crippen LogP contribution in [0, 0.1) is 5.92 Å². The van der Waals surface area contributed by atoms with Crippen molar-refractivity contribution in [3.8, 4) is 6.01 Å². The van der Waals surface area contributed by atoms with Gasteiger partial charge in [-0.15, -0.1) is 0 Å². The first kappa shape index (κ1) is 13.8. The summed E-state index contributed by atoms with van der Waals surface area (Å²) >= 11 is 0. The highest BCUT2D eigenvalue weighted by Crippen LogP contribution is 2.16. The van der Waals surface area contributed by atoms with Gasteiger partial charge in [-0.05, 0) is 32.9 Å². The lowest BCUT2D eigenvalue weighted by molar-refractivity contribution is 0.312. The third-order valence-corrected chi connectivity index (χ3v) is 3.15. The molecule has 2 N–H and O–H groups in total. The molecule has 106 valence electrons. The Hall–Kier alpha value is -1.63. The van der Waals surface area contributed by atoms with Gasteiger partial charge in [-0.3, -0.25) is 0 Å². The van der Waals surface area contributed by atoms with Gasteiger partial charge in [0.05, 0.1) is 6.61 Å². The lowest BCUT2D eigenvalue weighted by atomic mass is 10.1. The second-order valence-electron chi connectivity index (χ2n) is 4.75. The van der Waals surface area contributed by atoms with E-state index in [-0.39, 0.29) is 0 Å². The van der Waals surface area contributed by atoms with Crippen LogP contribution in [0.15, 0.2) is 0 Å². The molecule has 19 heavy (non-hydrogen) atoms. The van der Waals surface area contributed by atoms with Crippen molar-refractivity contribution in [1.82, 2.24) is 19.9 Å². The summed E-state index contributed by atoms with van der Waals surface area (Å²) in [6, 6.07) is 0.355. The molecule has 1 aliphatic heterocycles. The van der Waals surface area contributed by atoms with Crippen LogP contribution >= 0.6 is 0 Å². The number of anilines is 2. The van der Waals surface area contributed by atoms with Gasteiger partial charge in [0.2, 0.25) is 11.9 Å². The van der Waals surface area contributed by atoms with E-state index in [9.17, 15) is 0 Å². The number of hydrogen-bond donors (Lipinski definition) is 2. The molecule has 0 amide bonds. The molecular weight excluding hydrogens is 244 g/mol. The van der Waals surface area contributed by atoms with E-state index in [1.54, 1.807) is 7.05 Å². The monoisotopic (exact) mass is 266 g/mol. The highest BCUT2D eigenvalue weighted by atomic mass is 16.5. The summed E-state index contributed by atoms with van der Waals surface area (Å²) in [4.78, 5) is 15.0. The van der Waals surface area contributed by atoms with Crippen molar-refractivity contribution in [2.24, 2.45) is 5.92 Å². The molecule has 1 atom stereocenters. The summed E-state index contributed by atoms with van der Waals surface area (Å²) in [6.45, 7) is 5.61. The average Bonchev–Trinajstić information content (AvgIpc) is 2.82. The standard InChI is InChI=1S/C12H22N6O/c1-4-19-12-16-10(13-2)15-11(17-12)14-7-9-5-6-18(3)8-9/h9H,4-8H2,1-3H3,(H2,13,14,15,16,17). The van der Waals surface area contributed by atoms with E-state index in [1.807, 2.05) is 6.92 Å². The van der Waals surface area contributed by atoms with Crippen LogP contribution in [0.2, 0.25) is 0 Å². The minimum Gasteiger partial charge on any atom is -0.464 e. The normalized spacial score (nSPS) is 19.4. The summed E-state index contributed by atoms with van der Waals surface area (Å²) in [5, 5.41) is 6.18. The van der Waals surface area contributed by atoms with Crippen LogP contribution < -0.4 is 15.4 Å². The number of likely N-dealkylation sites (tertiary alicyclic amines) is 1. The lowest BCUT2D eigenvalue weighted by Crippen LogP contribution is -2.20. The third kappa shape index (κ3) is 3.92. The number of nitrogens with one attached hydrogen (secondary N) is 2. The van der Waals surface area contributed by atoms with Crippen molar-refractivity contribution in [2.45, 2.75) is 13.3 Å². The Bertz CT molecular complexity index is 413. The lowest BCUT2D eigenvalue weighted by Gasteiger charge is -2.12. The fourth-order valence-corrected chi connectivity index (χ4v) is 2.17. The quantitative estimate of drug-likeness (QED) is 0.784. The van der Waals surface area contributed by atoms with Gasteiger partial charge in [0, 0.05) is 20.1 Å². The Kier molecular flexibility index (Phi) is 4.73. The second-order valence-corrected chi connectivity index (χ2v) is 4.75. The van der Waals surface area contributed by atoms with Crippen molar-refractivity contribution in [3.63, 3.8) is 0 Å². The largest absolute Gasteiger partial charge is 0.464 e. The minimum atomic E-state index is 0.355. The Morgan fingerprint density at radius 3 is 2.74 bits per heavy atom. The number of aromatic nitrogens is 3.